The Morgan fingerprint density at radius 3 is 2.39 bits per heavy atom. The molecule has 0 aromatic heterocycles. The summed E-state index contributed by atoms with van der Waals surface area (Å²) < 4.78 is 53.7. The Labute approximate surface area is 101 Å². The minimum Gasteiger partial charge on any atom is -0.490 e. The van der Waals surface area contributed by atoms with Gasteiger partial charge in [0, 0.05) is 11.6 Å². The summed E-state index contributed by atoms with van der Waals surface area (Å²) in [4.78, 5) is 0. The van der Waals surface area contributed by atoms with Crippen LogP contribution in [-0.2, 0) is 0 Å². The maximum atomic E-state index is 12.9. The molecule has 0 bridgehead atoms. The molecule has 0 aliphatic heterocycles. The molecule has 0 saturated carbocycles. The topological polar surface area (TPSA) is 49.7 Å². The van der Waals surface area contributed by atoms with E-state index in [1.807, 2.05) is 0 Å². The third-order valence-electron chi connectivity index (χ3n) is 2.20. The summed E-state index contributed by atoms with van der Waals surface area (Å²) in [6.07, 6.45) is -8.50. The molecule has 102 valence electrons. The zero-order valence-electron chi connectivity index (χ0n) is 9.41. The van der Waals surface area contributed by atoms with E-state index in [4.69, 9.17) is 9.84 Å². The third kappa shape index (κ3) is 3.85. The van der Waals surface area contributed by atoms with Gasteiger partial charge >= 0.3 is 6.18 Å². The van der Waals surface area contributed by atoms with Crippen LogP contribution >= 0.6 is 0 Å². The number of aliphatic hydroxyl groups excluding tert-OH is 2. The number of ether oxygens (including phenoxy) is 1. The third-order valence-corrected chi connectivity index (χ3v) is 2.20. The molecule has 0 radical (unpaired) electrons. The van der Waals surface area contributed by atoms with Crippen LogP contribution in [0.4, 0.5) is 17.6 Å². The molecule has 2 atom stereocenters. The second kappa shape index (κ2) is 5.53. The normalized spacial score (nSPS) is 15.3. The molecule has 0 saturated heterocycles. The zero-order valence-corrected chi connectivity index (χ0v) is 9.41. The Morgan fingerprint density at radius 2 is 1.89 bits per heavy atom. The van der Waals surface area contributed by atoms with Gasteiger partial charge in [0.2, 0.25) is 0 Å². The van der Waals surface area contributed by atoms with Crippen molar-refractivity contribution < 1.29 is 32.5 Å². The first-order chi connectivity index (χ1) is 8.21. The molecule has 0 fully saturated rings. The van der Waals surface area contributed by atoms with Crippen LogP contribution in [0, 0.1) is 5.82 Å². The fraction of sp³-hybridized carbons (Fsp3) is 0.455. The van der Waals surface area contributed by atoms with Gasteiger partial charge in [-0.25, -0.2) is 4.39 Å². The van der Waals surface area contributed by atoms with Crippen molar-refractivity contribution in [3.05, 3.63) is 29.6 Å². The van der Waals surface area contributed by atoms with Gasteiger partial charge in [0.1, 0.15) is 18.2 Å². The first kappa shape index (κ1) is 14.7. The molecule has 0 spiro atoms. The molecule has 0 aliphatic rings. The van der Waals surface area contributed by atoms with Gasteiger partial charge in [-0.05, 0) is 19.1 Å². The lowest BCUT2D eigenvalue weighted by atomic mass is 10.1. The standard InChI is InChI=1S/C11H12F4O3/c1-6(16)8-3-2-7(12)4-9(8)18-5-10(17)11(13,14)15/h2-4,6,10,16-17H,5H2,1H3/t6-,10?/m1/s1. The maximum absolute atomic E-state index is 12.9. The average Bonchev–Trinajstić information content (AvgIpc) is 2.24. The monoisotopic (exact) mass is 268 g/mol. The molecule has 0 heterocycles. The van der Waals surface area contributed by atoms with E-state index in [-0.39, 0.29) is 11.3 Å². The van der Waals surface area contributed by atoms with Crippen LogP contribution < -0.4 is 4.74 Å². The van der Waals surface area contributed by atoms with Crippen LogP contribution in [0.3, 0.4) is 0 Å². The van der Waals surface area contributed by atoms with Gasteiger partial charge in [0.05, 0.1) is 6.10 Å². The molecule has 1 aromatic rings. The van der Waals surface area contributed by atoms with E-state index in [1.54, 1.807) is 0 Å². The average molecular weight is 268 g/mol. The molecule has 1 aromatic carbocycles. The quantitative estimate of drug-likeness (QED) is 0.823. The second-order valence-corrected chi connectivity index (χ2v) is 3.73. The van der Waals surface area contributed by atoms with E-state index in [0.717, 1.165) is 12.1 Å². The van der Waals surface area contributed by atoms with Crippen LogP contribution in [0.2, 0.25) is 0 Å². The number of hydrogen-bond acceptors (Lipinski definition) is 3. The molecule has 1 unspecified atom stereocenters. The van der Waals surface area contributed by atoms with Gasteiger partial charge in [-0.15, -0.1) is 0 Å². The summed E-state index contributed by atoms with van der Waals surface area (Å²) in [5, 5.41) is 18.1. The first-order valence-corrected chi connectivity index (χ1v) is 5.07. The maximum Gasteiger partial charge on any atom is 0.417 e. The van der Waals surface area contributed by atoms with E-state index in [0.29, 0.717) is 0 Å². The predicted octanol–water partition coefficient (Wildman–Crippen LogP) is 2.18. The highest BCUT2D eigenvalue weighted by atomic mass is 19.4. The fourth-order valence-corrected chi connectivity index (χ4v) is 1.24. The second-order valence-electron chi connectivity index (χ2n) is 3.73. The fourth-order valence-electron chi connectivity index (χ4n) is 1.24. The van der Waals surface area contributed by atoms with E-state index in [9.17, 15) is 22.7 Å². The van der Waals surface area contributed by atoms with Crippen molar-refractivity contribution in [2.75, 3.05) is 6.61 Å². The number of hydrogen-bond donors (Lipinski definition) is 2. The van der Waals surface area contributed by atoms with E-state index in [1.165, 1.54) is 13.0 Å². The summed E-state index contributed by atoms with van der Waals surface area (Å²) >= 11 is 0. The van der Waals surface area contributed by atoms with E-state index < -0.39 is 30.8 Å². The van der Waals surface area contributed by atoms with Crippen LogP contribution in [0.25, 0.3) is 0 Å². The highest BCUT2D eigenvalue weighted by Crippen LogP contribution is 2.27. The molecule has 7 heteroatoms. The Morgan fingerprint density at radius 1 is 1.28 bits per heavy atom. The van der Waals surface area contributed by atoms with Crippen molar-refractivity contribution in [2.45, 2.75) is 25.3 Å². The van der Waals surface area contributed by atoms with E-state index >= 15 is 0 Å². The molecule has 1 rings (SSSR count). The number of benzene rings is 1. The summed E-state index contributed by atoms with van der Waals surface area (Å²) in [7, 11) is 0. The molecule has 3 nitrogen and oxygen atoms in total. The van der Waals surface area contributed by atoms with Gasteiger partial charge in [-0.3, -0.25) is 0 Å². The van der Waals surface area contributed by atoms with Gasteiger partial charge in [0.25, 0.3) is 0 Å². The lowest BCUT2D eigenvalue weighted by molar-refractivity contribution is -0.210. The largest absolute Gasteiger partial charge is 0.490 e. The van der Waals surface area contributed by atoms with Crippen LogP contribution in [-0.4, -0.2) is 29.1 Å². The van der Waals surface area contributed by atoms with Crippen molar-refractivity contribution in [1.82, 2.24) is 0 Å². The number of rotatable bonds is 4. The lowest BCUT2D eigenvalue weighted by Gasteiger charge is -2.18. The molecular weight excluding hydrogens is 256 g/mol. The smallest absolute Gasteiger partial charge is 0.417 e. The van der Waals surface area contributed by atoms with Gasteiger partial charge in [-0.1, -0.05) is 0 Å². The summed E-state index contributed by atoms with van der Waals surface area (Å²) in [5.41, 5.74) is 0.144. The Bertz CT molecular complexity index is 404. The van der Waals surface area contributed by atoms with Crippen molar-refractivity contribution in [3.8, 4) is 5.75 Å². The van der Waals surface area contributed by atoms with Crippen LogP contribution in [0.5, 0.6) is 5.75 Å². The van der Waals surface area contributed by atoms with E-state index in [2.05, 4.69) is 0 Å². The molecule has 0 aliphatic carbocycles. The van der Waals surface area contributed by atoms with Crippen molar-refractivity contribution >= 4 is 0 Å². The highest BCUT2D eigenvalue weighted by Gasteiger charge is 2.38. The SMILES string of the molecule is C[C@@H](O)c1ccc(F)cc1OCC(O)C(F)(F)F. The molecular formula is C11H12F4O3. The van der Waals surface area contributed by atoms with Gasteiger partial charge in [0.15, 0.2) is 6.10 Å². The molecule has 2 N–H and O–H groups in total. The van der Waals surface area contributed by atoms with Crippen molar-refractivity contribution in [3.63, 3.8) is 0 Å². The number of halogens is 4. The Hall–Kier alpha value is -1.34. The van der Waals surface area contributed by atoms with Crippen molar-refractivity contribution in [1.29, 1.82) is 0 Å². The summed E-state index contributed by atoms with van der Waals surface area (Å²) in [6, 6.07) is 3.11. The lowest BCUT2D eigenvalue weighted by Crippen LogP contribution is -2.34. The Kier molecular flexibility index (Phi) is 4.53. The van der Waals surface area contributed by atoms with Gasteiger partial charge in [-0.2, -0.15) is 13.2 Å². The van der Waals surface area contributed by atoms with Crippen LogP contribution in [0.1, 0.15) is 18.6 Å². The highest BCUT2D eigenvalue weighted by molar-refractivity contribution is 5.35. The minimum absolute atomic E-state index is 0.144. The van der Waals surface area contributed by atoms with Crippen LogP contribution in [0.15, 0.2) is 18.2 Å². The number of alkyl halides is 3. The summed E-state index contributed by atoms with van der Waals surface area (Å²) in [5.74, 6) is -0.941. The summed E-state index contributed by atoms with van der Waals surface area (Å²) in [6.45, 7) is 0.299. The number of aliphatic hydroxyl groups is 2. The zero-order chi connectivity index (χ0) is 13.9. The molecule has 18 heavy (non-hydrogen) atoms. The minimum atomic E-state index is -4.81. The van der Waals surface area contributed by atoms with Crippen molar-refractivity contribution in [2.24, 2.45) is 0 Å². The Balaban J connectivity index is 2.81. The molecule has 0 amide bonds. The first-order valence-electron chi connectivity index (χ1n) is 5.07. The van der Waals surface area contributed by atoms with Gasteiger partial charge < -0.3 is 14.9 Å². The predicted molar refractivity (Wildman–Crippen MR) is 54.6 cm³/mol.